The number of hydrogen-bond donors (Lipinski definition) is 1. The number of benzene rings is 1. The van der Waals surface area contributed by atoms with E-state index < -0.39 is 29.7 Å². The molecular weight excluding hydrogens is 657 g/mol. The summed E-state index contributed by atoms with van der Waals surface area (Å²) < 4.78 is 31.1. The molecule has 2 fully saturated rings. The number of nitrogens with zero attached hydrogens (tertiary/aromatic N) is 6. The van der Waals surface area contributed by atoms with Crippen LogP contribution in [0.4, 0.5) is 15.0 Å². The van der Waals surface area contributed by atoms with Crippen LogP contribution in [-0.2, 0) is 14.3 Å². The SMILES string of the molecule is CCN(C(=O)c1cc(F)ccc1Oc1nncnc1N1CCC2(C1)CN(C(CC(C)C)CC(C)(C)NC(=O)OC(C)OC(=O)C(C)C)C2)C(C)C. The molecule has 4 rings (SSSR count). The Morgan fingerprint density at radius 2 is 1.76 bits per heavy atom. The van der Waals surface area contributed by atoms with Gasteiger partial charge in [-0.15, -0.1) is 10.2 Å². The minimum atomic E-state index is -0.991. The minimum Gasteiger partial charge on any atom is -0.434 e. The molecule has 2 atom stereocenters. The fourth-order valence-electron chi connectivity index (χ4n) is 7.08. The number of alkyl carbamates (subject to hydrolysis) is 1. The Hall–Kier alpha value is -4.07. The van der Waals surface area contributed by atoms with Crippen LogP contribution in [0.15, 0.2) is 24.5 Å². The molecule has 2 unspecified atom stereocenters. The van der Waals surface area contributed by atoms with Gasteiger partial charge in [0.05, 0.1) is 11.5 Å². The number of likely N-dealkylation sites (tertiary alicyclic amines) is 1. The van der Waals surface area contributed by atoms with Gasteiger partial charge in [-0.05, 0) is 78.0 Å². The van der Waals surface area contributed by atoms with Crippen molar-refractivity contribution in [1.29, 1.82) is 0 Å². The summed E-state index contributed by atoms with van der Waals surface area (Å²) in [5, 5.41) is 11.2. The third-order valence-electron chi connectivity index (χ3n) is 9.46. The van der Waals surface area contributed by atoms with E-state index in [9.17, 15) is 18.8 Å². The number of nitrogens with one attached hydrogen (secondary N) is 1. The predicted octanol–water partition coefficient (Wildman–Crippen LogP) is 6.04. The van der Waals surface area contributed by atoms with E-state index in [2.05, 4.69) is 44.1 Å². The van der Waals surface area contributed by atoms with Crippen molar-refractivity contribution in [2.24, 2.45) is 17.3 Å². The number of carbonyl (C=O) groups is 3. The highest BCUT2D eigenvalue weighted by Crippen LogP contribution is 2.45. The summed E-state index contributed by atoms with van der Waals surface area (Å²) in [5.74, 6) is -0.293. The Morgan fingerprint density at radius 1 is 1.06 bits per heavy atom. The first-order chi connectivity index (χ1) is 23.9. The fraction of sp³-hybridized carbons (Fsp3) is 0.676. The van der Waals surface area contributed by atoms with E-state index in [4.69, 9.17) is 14.2 Å². The highest BCUT2D eigenvalue weighted by Gasteiger charge is 2.50. The van der Waals surface area contributed by atoms with Gasteiger partial charge >= 0.3 is 12.1 Å². The van der Waals surface area contributed by atoms with E-state index in [1.165, 1.54) is 31.5 Å². The molecule has 1 aromatic carbocycles. The second-order valence-electron chi connectivity index (χ2n) is 15.7. The monoisotopic (exact) mass is 713 g/mol. The molecule has 2 amide bonds. The summed E-state index contributed by atoms with van der Waals surface area (Å²) in [6, 6.07) is 4.04. The molecule has 0 bridgehead atoms. The molecule has 14 heteroatoms. The van der Waals surface area contributed by atoms with E-state index in [-0.39, 0.29) is 46.5 Å². The third kappa shape index (κ3) is 10.3. The lowest BCUT2D eigenvalue weighted by atomic mass is 9.76. The number of anilines is 1. The van der Waals surface area contributed by atoms with Crippen LogP contribution < -0.4 is 15.0 Å². The number of hydrogen-bond acceptors (Lipinski definition) is 11. The first-order valence-electron chi connectivity index (χ1n) is 18.1. The molecule has 13 nitrogen and oxygen atoms in total. The van der Waals surface area contributed by atoms with Crippen LogP contribution in [0.25, 0.3) is 0 Å². The first-order valence-corrected chi connectivity index (χ1v) is 18.1. The maximum Gasteiger partial charge on any atom is 0.410 e. The largest absolute Gasteiger partial charge is 0.434 e. The molecule has 2 aliphatic heterocycles. The second kappa shape index (κ2) is 16.5. The van der Waals surface area contributed by atoms with Gasteiger partial charge < -0.3 is 29.3 Å². The summed E-state index contributed by atoms with van der Waals surface area (Å²) in [6.45, 7) is 22.7. The number of aromatic nitrogens is 3. The van der Waals surface area contributed by atoms with Crippen LogP contribution >= 0.6 is 0 Å². The summed E-state index contributed by atoms with van der Waals surface area (Å²) in [7, 11) is 0. The Morgan fingerprint density at radius 3 is 2.39 bits per heavy atom. The van der Waals surface area contributed by atoms with Gasteiger partial charge in [-0.3, -0.25) is 14.5 Å². The van der Waals surface area contributed by atoms with Crippen LogP contribution in [0.2, 0.25) is 0 Å². The van der Waals surface area contributed by atoms with Crippen molar-refractivity contribution in [3.05, 3.63) is 35.9 Å². The molecule has 51 heavy (non-hydrogen) atoms. The van der Waals surface area contributed by atoms with Crippen LogP contribution in [0.5, 0.6) is 11.6 Å². The van der Waals surface area contributed by atoms with Gasteiger partial charge in [0.25, 0.3) is 11.8 Å². The van der Waals surface area contributed by atoms with Gasteiger partial charge in [0.15, 0.2) is 5.82 Å². The molecule has 0 aliphatic carbocycles. The average Bonchev–Trinajstić information content (AvgIpc) is 3.46. The molecule has 2 aromatic rings. The van der Waals surface area contributed by atoms with E-state index in [1.807, 2.05) is 34.6 Å². The molecule has 1 spiro atoms. The smallest absolute Gasteiger partial charge is 0.410 e. The Balaban J connectivity index is 1.41. The lowest BCUT2D eigenvalue weighted by Gasteiger charge is -2.53. The number of rotatable bonds is 15. The lowest BCUT2D eigenvalue weighted by molar-refractivity contribution is -0.168. The van der Waals surface area contributed by atoms with Crippen LogP contribution in [-0.4, -0.2) is 99.6 Å². The average molecular weight is 714 g/mol. The summed E-state index contributed by atoms with van der Waals surface area (Å²) in [4.78, 5) is 48.8. The van der Waals surface area contributed by atoms with Gasteiger partial charge in [0.1, 0.15) is 17.9 Å². The molecule has 2 saturated heterocycles. The van der Waals surface area contributed by atoms with E-state index in [0.29, 0.717) is 24.7 Å². The highest BCUT2D eigenvalue weighted by atomic mass is 19.1. The molecular formula is C37H56FN7O6. The van der Waals surface area contributed by atoms with Crippen molar-refractivity contribution in [3.8, 4) is 11.6 Å². The molecule has 282 valence electrons. The van der Waals surface area contributed by atoms with Crippen molar-refractivity contribution >= 4 is 23.8 Å². The van der Waals surface area contributed by atoms with Crippen molar-refractivity contribution in [2.75, 3.05) is 37.6 Å². The second-order valence-corrected chi connectivity index (χ2v) is 15.7. The van der Waals surface area contributed by atoms with Gasteiger partial charge in [-0.2, -0.15) is 0 Å². The van der Waals surface area contributed by atoms with Gasteiger partial charge in [0.2, 0.25) is 6.29 Å². The number of ether oxygens (including phenoxy) is 3. The highest BCUT2D eigenvalue weighted by molar-refractivity contribution is 5.97. The topological polar surface area (TPSA) is 139 Å². The number of halogens is 1. The van der Waals surface area contributed by atoms with Crippen molar-refractivity contribution in [3.63, 3.8) is 0 Å². The van der Waals surface area contributed by atoms with Gasteiger partial charge in [-0.25, -0.2) is 14.2 Å². The number of amides is 2. The lowest BCUT2D eigenvalue weighted by Crippen LogP contribution is -2.62. The Bertz CT molecular complexity index is 1530. The van der Waals surface area contributed by atoms with Crippen molar-refractivity contribution in [2.45, 2.75) is 112 Å². The molecule has 2 aliphatic rings. The Kier molecular flexibility index (Phi) is 12.9. The fourth-order valence-corrected chi connectivity index (χ4v) is 7.08. The van der Waals surface area contributed by atoms with Gasteiger partial charge in [0, 0.05) is 62.7 Å². The summed E-state index contributed by atoms with van der Waals surface area (Å²) in [6.07, 6.45) is 2.37. The molecule has 3 heterocycles. The van der Waals surface area contributed by atoms with E-state index in [0.717, 1.165) is 39.0 Å². The predicted molar refractivity (Wildman–Crippen MR) is 191 cm³/mol. The van der Waals surface area contributed by atoms with E-state index in [1.54, 1.807) is 18.7 Å². The maximum atomic E-state index is 14.4. The zero-order chi connectivity index (χ0) is 37.7. The normalized spacial score (nSPS) is 17.0. The van der Waals surface area contributed by atoms with E-state index >= 15 is 0 Å². The maximum absolute atomic E-state index is 14.4. The molecule has 1 aromatic heterocycles. The zero-order valence-corrected chi connectivity index (χ0v) is 31.9. The number of carbonyl (C=O) groups excluding carboxylic acids is 3. The minimum absolute atomic E-state index is 0.0412. The first kappa shape index (κ1) is 39.7. The summed E-state index contributed by atoms with van der Waals surface area (Å²) >= 11 is 0. The third-order valence-corrected chi connectivity index (χ3v) is 9.46. The standard InChI is InChI=1S/C37H56FN7O6/c1-11-45(25(6)7)33(46)29-17-27(38)12-13-30(29)51-32-31(39-22-40-42-32)43-15-14-37(19-43)20-44(21-37)28(16-23(2)3)18-36(9,10)41-35(48)50-26(8)49-34(47)24(4)5/h12-13,17,22-26,28H,11,14-16,18-21H2,1-10H3,(H,41,48). The quantitative estimate of drug-likeness (QED) is 0.171. The molecule has 0 saturated carbocycles. The van der Waals surface area contributed by atoms with Crippen LogP contribution in [0, 0.1) is 23.1 Å². The summed E-state index contributed by atoms with van der Waals surface area (Å²) in [5.41, 5.74) is -0.425. The van der Waals surface area contributed by atoms with Crippen LogP contribution in [0.1, 0.15) is 98.9 Å². The van der Waals surface area contributed by atoms with Crippen molar-refractivity contribution < 1.29 is 33.0 Å². The van der Waals surface area contributed by atoms with Crippen LogP contribution in [0.3, 0.4) is 0 Å². The molecule has 1 N–H and O–H groups in total. The zero-order valence-electron chi connectivity index (χ0n) is 31.9. The van der Waals surface area contributed by atoms with Crippen molar-refractivity contribution in [1.82, 2.24) is 30.3 Å². The Labute approximate surface area is 301 Å². The number of esters is 1. The molecule has 0 radical (unpaired) electrons. The van der Waals surface area contributed by atoms with Gasteiger partial charge in [-0.1, -0.05) is 27.7 Å².